The molecule has 258 valence electrons. The Bertz CT molecular complexity index is 1760. The van der Waals surface area contributed by atoms with Gasteiger partial charge in [-0.15, -0.1) is 39.7 Å². The summed E-state index contributed by atoms with van der Waals surface area (Å²) in [6.07, 6.45) is -0.913. The number of alkyl halides is 6. The van der Waals surface area contributed by atoms with Crippen LogP contribution in [0.2, 0.25) is 0 Å². The van der Waals surface area contributed by atoms with Gasteiger partial charge in [-0.05, 0) is 0 Å². The maximum atomic E-state index is 12.5. The van der Waals surface area contributed by atoms with Gasteiger partial charge in [0.1, 0.15) is 0 Å². The fourth-order valence-corrected chi connectivity index (χ4v) is 5.87. The van der Waals surface area contributed by atoms with Crippen LogP contribution in [-0.4, -0.2) is 3.21 Å². The molecule has 0 radical (unpaired) electrons. The minimum Gasteiger partial charge on any atom is -1.00 e. The molecule has 0 heterocycles. The molecule has 1 aliphatic carbocycles. The van der Waals surface area contributed by atoms with Crippen LogP contribution in [0.25, 0.3) is 21.5 Å². The van der Waals surface area contributed by atoms with Crippen LogP contribution >= 0.6 is 0 Å². The van der Waals surface area contributed by atoms with E-state index in [9.17, 15) is 26.3 Å². The van der Waals surface area contributed by atoms with Gasteiger partial charge >= 0.3 is 137 Å². The van der Waals surface area contributed by atoms with Crippen molar-refractivity contribution >= 4 is 24.8 Å². The predicted molar refractivity (Wildman–Crippen MR) is 177 cm³/mol. The van der Waals surface area contributed by atoms with Crippen LogP contribution in [0.4, 0.5) is 26.3 Å². The molecular weight excluding hydrogens is 757 g/mol. The molecule has 0 nitrogen and oxygen atoms in total. The van der Waals surface area contributed by atoms with E-state index in [-0.39, 0.29) is 30.2 Å². The van der Waals surface area contributed by atoms with Crippen LogP contribution in [0.15, 0.2) is 121 Å². The number of hydrogen-bond acceptors (Lipinski definition) is 0. The molecule has 5 aromatic rings. The Labute approximate surface area is 311 Å². The molecule has 0 bridgehead atoms. The molecule has 0 saturated carbocycles. The summed E-state index contributed by atoms with van der Waals surface area (Å²) >= 11 is 0.898. The SMILES string of the molecule is CC(C)C1[C-]=CC(C(C)(C)C)=C1.FC(F)(F)c1ccc([C](=[Zr+2])c2ccc(C(F)(F)F)cc2)cc1.[Cl-].[Cl-].c1ccc2c(c1)[cH-]c1ccccc12. The molecule has 0 amide bonds. The Balaban J connectivity index is 0.000000265. The van der Waals surface area contributed by atoms with Gasteiger partial charge in [0, 0.05) is 0 Å². The number of benzene rings is 4. The van der Waals surface area contributed by atoms with E-state index in [0.29, 0.717) is 26.2 Å². The smallest absolute Gasteiger partial charge is 0.0771 e. The zero-order valence-corrected chi connectivity index (χ0v) is 31.6. The van der Waals surface area contributed by atoms with E-state index in [4.69, 9.17) is 0 Å². The van der Waals surface area contributed by atoms with E-state index in [1.807, 2.05) is 0 Å². The minimum atomic E-state index is -4.41. The fraction of sp³-hybridized carbons (Fsp3) is 0.250. The van der Waals surface area contributed by atoms with Crippen LogP contribution in [0.5, 0.6) is 0 Å². The Kier molecular flexibility index (Phi) is 15.0. The summed E-state index contributed by atoms with van der Waals surface area (Å²) in [5.74, 6) is 1.22. The van der Waals surface area contributed by atoms with Gasteiger partial charge < -0.3 is 24.8 Å². The molecule has 0 aromatic heterocycles. The molecule has 6 rings (SSSR count). The van der Waals surface area contributed by atoms with Gasteiger partial charge in [-0.25, -0.2) is 6.08 Å². The Morgan fingerprint density at radius 1 is 0.653 bits per heavy atom. The summed E-state index contributed by atoms with van der Waals surface area (Å²) < 4.78 is 75.6. The van der Waals surface area contributed by atoms with Crippen molar-refractivity contribution in [3.8, 4) is 0 Å². The first-order valence-electron chi connectivity index (χ1n) is 15.2. The molecule has 1 aliphatic rings. The average Bonchev–Trinajstić information content (AvgIpc) is 3.67. The normalized spacial score (nSPS) is 14.2. The summed E-state index contributed by atoms with van der Waals surface area (Å²) in [5.41, 5.74) is 1.33. The Morgan fingerprint density at radius 2 is 1.04 bits per heavy atom. The number of halogens is 8. The van der Waals surface area contributed by atoms with E-state index in [2.05, 4.69) is 107 Å². The van der Waals surface area contributed by atoms with Gasteiger partial charge in [0.25, 0.3) is 0 Å². The maximum absolute atomic E-state index is 12.5. The molecule has 9 heteroatoms. The van der Waals surface area contributed by atoms with Crippen molar-refractivity contribution in [1.82, 2.24) is 0 Å². The average molecular weight is 793 g/mol. The van der Waals surface area contributed by atoms with Crippen LogP contribution in [-0.2, 0) is 36.6 Å². The first-order chi connectivity index (χ1) is 21.9. The third kappa shape index (κ3) is 11.3. The van der Waals surface area contributed by atoms with Crippen molar-refractivity contribution in [3.05, 3.63) is 149 Å². The topological polar surface area (TPSA) is 0 Å². The molecule has 1 unspecified atom stereocenters. The van der Waals surface area contributed by atoms with Gasteiger partial charge in [0.2, 0.25) is 0 Å². The molecule has 49 heavy (non-hydrogen) atoms. The van der Waals surface area contributed by atoms with Crippen molar-refractivity contribution in [1.29, 1.82) is 0 Å². The van der Waals surface area contributed by atoms with Gasteiger partial charge in [-0.3, -0.25) is 6.08 Å². The van der Waals surface area contributed by atoms with Crippen LogP contribution in [0.1, 0.15) is 56.9 Å². The second kappa shape index (κ2) is 17.4. The zero-order chi connectivity index (χ0) is 34.6. The maximum Gasteiger partial charge on any atom is -0.0771 e. The fourth-order valence-electron chi connectivity index (χ4n) is 5.05. The largest absolute Gasteiger partial charge is 1.00 e. The summed E-state index contributed by atoms with van der Waals surface area (Å²) in [5, 5.41) is 5.39. The summed E-state index contributed by atoms with van der Waals surface area (Å²) in [4.78, 5) is 0. The van der Waals surface area contributed by atoms with Gasteiger partial charge in [-0.2, -0.15) is 11.6 Å². The van der Waals surface area contributed by atoms with Gasteiger partial charge in [0.15, 0.2) is 0 Å². The van der Waals surface area contributed by atoms with Gasteiger partial charge in [-0.1, -0.05) is 88.3 Å². The summed E-state index contributed by atoms with van der Waals surface area (Å²) in [6, 6.07) is 28.4. The minimum absolute atomic E-state index is 0. The molecule has 0 fully saturated rings. The summed E-state index contributed by atoms with van der Waals surface area (Å²) in [6.45, 7) is 11.2. The van der Waals surface area contributed by atoms with Crippen LogP contribution in [0, 0.1) is 23.3 Å². The molecule has 0 saturated heterocycles. The predicted octanol–water partition coefficient (Wildman–Crippen LogP) is 6.16. The zero-order valence-electron chi connectivity index (χ0n) is 27.6. The number of allylic oxidation sites excluding steroid dienone is 4. The van der Waals surface area contributed by atoms with E-state index in [1.165, 1.54) is 51.4 Å². The van der Waals surface area contributed by atoms with Crippen LogP contribution in [0.3, 0.4) is 0 Å². The van der Waals surface area contributed by atoms with E-state index in [1.54, 1.807) is 0 Å². The molecule has 0 aliphatic heterocycles. The molecular formula is C40H36Cl2F6Zr-2. The van der Waals surface area contributed by atoms with Crippen molar-refractivity contribution in [3.63, 3.8) is 0 Å². The molecule has 5 aromatic carbocycles. The van der Waals surface area contributed by atoms with Crippen molar-refractivity contribution in [2.75, 3.05) is 0 Å². The number of fused-ring (bicyclic) bond motifs is 3. The van der Waals surface area contributed by atoms with E-state index >= 15 is 0 Å². The van der Waals surface area contributed by atoms with Crippen molar-refractivity contribution in [2.45, 2.75) is 47.0 Å². The van der Waals surface area contributed by atoms with Crippen molar-refractivity contribution in [2.24, 2.45) is 17.3 Å². The first-order valence-corrected chi connectivity index (χ1v) is 16.5. The second-order valence-corrected chi connectivity index (χ2v) is 14.0. The standard InChI is InChI=1S/C15H8F6.C13H9.C12H19.2ClH.Zr/c16-14(17,18)12-5-1-10(2-6-12)9-11-3-7-13(8-4-11)15(19,20)21;1-3-7-12-10(5-1)9-11-6-2-4-8-13(11)12;1-9(2)10-6-7-11(8-10)12(3,4)5;;;/h1-8H;1-9H;7-10H,1-5H3;2*1H;/q;2*-1;;;+2/p-2. The quantitative estimate of drug-likeness (QED) is 0.152. The van der Waals surface area contributed by atoms with E-state index < -0.39 is 23.5 Å². The molecule has 1 atom stereocenters. The Morgan fingerprint density at radius 3 is 1.35 bits per heavy atom. The van der Waals surface area contributed by atoms with E-state index in [0.717, 1.165) is 48.5 Å². The van der Waals surface area contributed by atoms with Gasteiger partial charge in [0.05, 0.1) is 0 Å². The third-order valence-corrected chi connectivity index (χ3v) is 9.32. The second-order valence-electron chi connectivity index (χ2n) is 12.8. The van der Waals surface area contributed by atoms with Crippen molar-refractivity contribution < 1.29 is 75.4 Å². The monoisotopic (exact) mass is 790 g/mol. The van der Waals surface area contributed by atoms with Crippen LogP contribution < -0.4 is 24.8 Å². The molecule has 0 N–H and O–H groups in total. The molecule has 0 spiro atoms. The Hall–Kier alpha value is -2.86. The number of hydrogen-bond donors (Lipinski definition) is 0. The first kappa shape index (κ1) is 42.3. The number of rotatable bonds is 3. The third-order valence-electron chi connectivity index (χ3n) is 7.90. The summed E-state index contributed by atoms with van der Waals surface area (Å²) in [7, 11) is 0.